The molecule has 3 atom stereocenters. The molecule has 2 bridgehead atoms. The molecule has 7 heteroatoms. The minimum Gasteiger partial charge on any atom is -0.379 e. The molecule has 0 spiro atoms. The van der Waals surface area contributed by atoms with Gasteiger partial charge in [0.05, 0.1) is 18.1 Å². The van der Waals surface area contributed by atoms with Crippen LogP contribution in [0.3, 0.4) is 0 Å². The summed E-state index contributed by atoms with van der Waals surface area (Å²) in [5, 5.41) is 3.31. The molecule has 0 aromatic heterocycles. The summed E-state index contributed by atoms with van der Waals surface area (Å²) in [6, 6.07) is 3.49. The maximum atomic E-state index is 13.4. The van der Waals surface area contributed by atoms with E-state index in [1.54, 1.807) is 13.0 Å². The number of nitrogens with one attached hydrogen (secondary N) is 1. The summed E-state index contributed by atoms with van der Waals surface area (Å²) in [6.45, 7) is 11.9. The van der Waals surface area contributed by atoms with Crippen molar-refractivity contribution in [1.82, 2.24) is 9.62 Å². The maximum Gasteiger partial charge on any atom is 0.251 e. The fourth-order valence-corrected chi connectivity index (χ4v) is 7.79. The van der Waals surface area contributed by atoms with E-state index >= 15 is 0 Å². The first-order valence-corrected chi connectivity index (χ1v) is 12.4. The first-order chi connectivity index (χ1) is 14.0. The summed E-state index contributed by atoms with van der Waals surface area (Å²) in [6.07, 6.45) is 3.51. The van der Waals surface area contributed by atoms with Gasteiger partial charge in [0.15, 0.2) is 0 Å². The number of ether oxygens (including phenoxy) is 1. The summed E-state index contributed by atoms with van der Waals surface area (Å²) in [5.74, 6) is 0.460. The van der Waals surface area contributed by atoms with E-state index < -0.39 is 10.0 Å². The summed E-state index contributed by atoms with van der Waals surface area (Å²) in [5.41, 5.74) is 2.09. The smallest absolute Gasteiger partial charge is 0.251 e. The number of sulfonamides is 1. The number of rotatable bonds is 4. The number of nitrogens with zero attached hydrogens (tertiary/aromatic N) is 1. The topological polar surface area (TPSA) is 75.7 Å². The van der Waals surface area contributed by atoms with Gasteiger partial charge in [-0.2, -0.15) is 4.31 Å². The average molecular weight is 435 g/mol. The van der Waals surface area contributed by atoms with Crippen LogP contribution in [0.25, 0.3) is 0 Å². The Bertz CT molecular complexity index is 961. The van der Waals surface area contributed by atoms with Gasteiger partial charge < -0.3 is 10.1 Å². The number of amides is 1. The van der Waals surface area contributed by atoms with Gasteiger partial charge in [0, 0.05) is 24.7 Å². The molecule has 4 rings (SSSR count). The van der Waals surface area contributed by atoms with E-state index in [2.05, 4.69) is 26.1 Å². The van der Waals surface area contributed by atoms with E-state index in [1.807, 2.05) is 13.0 Å². The quantitative estimate of drug-likeness (QED) is 0.789. The molecule has 1 saturated heterocycles. The van der Waals surface area contributed by atoms with E-state index in [-0.39, 0.29) is 27.7 Å². The zero-order valence-electron chi connectivity index (χ0n) is 18.7. The highest BCUT2D eigenvalue weighted by molar-refractivity contribution is 7.89. The van der Waals surface area contributed by atoms with Crippen molar-refractivity contribution in [1.29, 1.82) is 0 Å². The van der Waals surface area contributed by atoms with Crippen LogP contribution in [0.1, 0.15) is 61.5 Å². The number of morpholine rings is 1. The molecule has 3 aliphatic rings. The number of hydrogen-bond donors (Lipinski definition) is 1. The summed E-state index contributed by atoms with van der Waals surface area (Å²) in [4.78, 5) is 13.6. The van der Waals surface area contributed by atoms with E-state index in [1.165, 1.54) is 10.7 Å². The number of benzene rings is 1. The molecule has 2 saturated carbocycles. The zero-order chi connectivity index (χ0) is 21.9. The van der Waals surface area contributed by atoms with Gasteiger partial charge in [-0.1, -0.05) is 26.8 Å². The van der Waals surface area contributed by atoms with Crippen LogP contribution in [0.5, 0.6) is 0 Å². The van der Waals surface area contributed by atoms with E-state index in [9.17, 15) is 13.2 Å². The summed E-state index contributed by atoms with van der Waals surface area (Å²) >= 11 is 0. The molecule has 1 heterocycles. The fraction of sp³-hybridized carbons (Fsp3) is 0.696. The molecule has 1 aromatic carbocycles. The molecule has 1 amide bonds. The van der Waals surface area contributed by atoms with Crippen molar-refractivity contribution in [2.75, 3.05) is 26.3 Å². The Hall–Kier alpha value is -1.44. The Labute approximate surface area is 180 Å². The van der Waals surface area contributed by atoms with E-state index in [0.29, 0.717) is 43.3 Å². The molecule has 3 fully saturated rings. The number of fused-ring (bicyclic) bond motifs is 2. The highest BCUT2D eigenvalue weighted by Crippen LogP contribution is 2.62. The highest BCUT2D eigenvalue weighted by atomic mass is 32.2. The van der Waals surface area contributed by atoms with Gasteiger partial charge in [0.25, 0.3) is 5.91 Å². The zero-order valence-corrected chi connectivity index (χ0v) is 19.6. The number of carbonyl (C=O) groups excluding carboxylic acids is 1. The third-order valence-corrected chi connectivity index (χ3v) is 9.94. The van der Waals surface area contributed by atoms with E-state index in [0.717, 1.165) is 18.4 Å². The minimum atomic E-state index is -3.66. The Morgan fingerprint density at radius 3 is 2.40 bits per heavy atom. The lowest BCUT2D eigenvalue weighted by Gasteiger charge is -2.43. The second kappa shape index (κ2) is 7.31. The van der Waals surface area contributed by atoms with Crippen molar-refractivity contribution in [2.24, 2.45) is 16.7 Å². The highest BCUT2D eigenvalue weighted by Gasteiger charge is 2.59. The predicted octanol–water partition coefficient (Wildman–Crippen LogP) is 3.27. The maximum absolute atomic E-state index is 13.4. The second-order valence-corrected chi connectivity index (χ2v) is 12.2. The Kier molecular flexibility index (Phi) is 5.31. The monoisotopic (exact) mass is 434 g/mol. The Morgan fingerprint density at radius 1 is 1.13 bits per heavy atom. The van der Waals surface area contributed by atoms with Crippen molar-refractivity contribution in [2.45, 2.75) is 64.8 Å². The first kappa shape index (κ1) is 21.8. The normalized spacial score (nSPS) is 31.1. The van der Waals surface area contributed by atoms with Gasteiger partial charge in [-0.05, 0) is 67.1 Å². The molecule has 1 aromatic rings. The molecular weight excluding hydrogens is 400 g/mol. The van der Waals surface area contributed by atoms with Crippen molar-refractivity contribution in [3.05, 3.63) is 28.8 Å². The summed E-state index contributed by atoms with van der Waals surface area (Å²) < 4.78 is 33.2. The van der Waals surface area contributed by atoms with Crippen LogP contribution >= 0.6 is 0 Å². The molecular formula is C23H34N2O4S. The van der Waals surface area contributed by atoms with Crippen molar-refractivity contribution in [3.63, 3.8) is 0 Å². The lowest BCUT2D eigenvalue weighted by Crippen LogP contribution is -2.52. The molecule has 6 nitrogen and oxygen atoms in total. The standard InChI is InChI=1S/C23H34N2O4S/c1-15-12-16(2)19(30(27,28)25-8-10-29-11-9-25)13-18(15)20(26)24-21-22(3,4)17-6-7-23(21,5)14-17/h12-13,17,21H,6-11,14H2,1-5H3,(H,24,26)/t17-,21?,23-/m1/s1. The van der Waals surface area contributed by atoms with Gasteiger partial charge in [-0.3, -0.25) is 4.79 Å². The van der Waals surface area contributed by atoms with Gasteiger partial charge >= 0.3 is 0 Å². The van der Waals surface area contributed by atoms with Gasteiger partial charge in [-0.25, -0.2) is 8.42 Å². The molecule has 30 heavy (non-hydrogen) atoms. The largest absolute Gasteiger partial charge is 0.379 e. The second-order valence-electron chi connectivity index (χ2n) is 10.3. The Balaban J connectivity index is 1.65. The fourth-order valence-electron chi connectivity index (χ4n) is 6.15. The van der Waals surface area contributed by atoms with Gasteiger partial charge in [0.1, 0.15) is 0 Å². The third kappa shape index (κ3) is 3.39. The van der Waals surface area contributed by atoms with Crippen LogP contribution in [-0.4, -0.2) is 51.0 Å². The molecule has 166 valence electrons. The molecule has 2 aliphatic carbocycles. The predicted molar refractivity (Wildman–Crippen MR) is 116 cm³/mol. The first-order valence-electron chi connectivity index (χ1n) is 11.0. The third-order valence-electron chi connectivity index (χ3n) is 7.90. The van der Waals surface area contributed by atoms with Crippen molar-refractivity contribution >= 4 is 15.9 Å². The van der Waals surface area contributed by atoms with Crippen LogP contribution in [0.15, 0.2) is 17.0 Å². The van der Waals surface area contributed by atoms with Crippen molar-refractivity contribution < 1.29 is 17.9 Å². The van der Waals surface area contributed by atoms with Gasteiger partial charge in [-0.15, -0.1) is 0 Å². The van der Waals surface area contributed by atoms with E-state index in [4.69, 9.17) is 4.74 Å². The number of aryl methyl sites for hydroxylation is 2. The number of carbonyl (C=O) groups is 1. The molecule has 1 N–H and O–H groups in total. The van der Waals surface area contributed by atoms with Crippen LogP contribution in [0.4, 0.5) is 0 Å². The van der Waals surface area contributed by atoms with Crippen LogP contribution < -0.4 is 5.32 Å². The SMILES string of the molecule is Cc1cc(C)c(S(=O)(=O)N2CCOCC2)cc1C(=O)NC1C(C)(C)[C@@H]2CC[C@]1(C)C2. The minimum absolute atomic E-state index is 0.0456. The molecule has 0 radical (unpaired) electrons. The Morgan fingerprint density at radius 2 is 1.80 bits per heavy atom. The molecule has 1 aliphatic heterocycles. The van der Waals surface area contributed by atoms with Crippen LogP contribution in [0, 0.1) is 30.6 Å². The van der Waals surface area contributed by atoms with Gasteiger partial charge in [0.2, 0.25) is 10.0 Å². The lowest BCUT2D eigenvalue weighted by molar-refractivity contribution is 0.0728. The lowest BCUT2D eigenvalue weighted by atomic mass is 9.68. The molecule has 1 unspecified atom stereocenters. The van der Waals surface area contributed by atoms with Crippen molar-refractivity contribution in [3.8, 4) is 0 Å². The van der Waals surface area contributed by atoms with Crippen LogP contribution in [-0.2, 0) is 14.8 Å². The average Bonchev–Trinajstić information content (AvgIpc) is 3.16. The summed E-state index contributed by atoms with van der Waals surface area (Å²) in [7, 11) is -3.66. The number of hydrogen-bond acceptors (Lipinski definition) is 4. The van der Waals surface area contributed by atoms with Crippen LogP contribution in [0.2, 0.25) is 0 Å².